The van der Waals surface area contributed by atoms with Crippen molar-refractivity contribution < 1.29 is 9.47 Å². The van der Waals surface area contributed by atoms with Crippen LogP contribution in [-0.2, 0) is 0 Å². The van der Waals surface area contributed by atoms with Crippen molar-refractivity contribution in [2.45, 2.75) is 34.1 Å². The number of hydrogen-bond acceptors (Lipinski definition) is 5. The molecule has 0 aliphatic rings. The fraction of sp³-hybridized carbons (Fsp3) is 0.667. The van der Waals surface area contributed by atoms with Crippen molar-refractivity contribution >= 4 is 5.69 Å². The Kier molecular flexibility index (Phi) is 4.54. The predicted molar refractivity (Wildman–Crippen MR) is 67.2 cm³/mol. The van der Waals surface area contributed by atoms with Gasteiger partial charge in [0, 0.05) is 0 Å². The Balaban J connectivity index is 2.62. The van der Waals surface area contributed by atoms with E-state index in [0.29, 0.717) is 30.7 Å². The summed E-state index contributed by atoms with van der Waals surface area (Å²) in [6, 6.07) is 0. The quantitative estimate of drug-likeness (QED) is 0.853. The fourth-order valence-electron chi connectivity index (χ4n) is 1.18. The van der Waals surface area contributed by atoms with Gasteiger partial charge in [0.05, 0.1) is 13.2 Å². The maximum atomic E-state index is 5.84. The molecule has 1 rings (SSSR count). The zero-order valence-corrected chi connectivity index (χ0v) is 11.0. The van der Waals surface area contributed by atoms with Crippen molar-refractivity contribution in [2.24, 2.45) is 5.41 Å². The molecule has 2 N–H and O–H groups in total. The minimum atomic E-state index is 0.227. The minimum absolute atomic E-state index is 0.227. The predicted octanol–water partition coefficient (Wildman–Crippen LogP) is 2.27. The summed E-state index contributed by atoms with van der Waals surface area (Å²) in [7, 11) is 0. The first-order valence-electron chi connectivity index (χ1n) is 5.80. The third kappa shape index (κ3) is 4.46. The molecule has 1 heterocycles. The molecule has 0 bridgehead atoms. The number of nitrogens with two attached hydrogens (primary N) is 1. The maximum Gasteiger partial charge on any atom is 0.244 e. The first-order chi connectivity index (χ1) is 7.94. The fourth-order valence-corrected chi connectivity index (χ4v) is 1.18. The number of anilines is 1. The van der Waals surface area contributed by atoms with Gasteiger partial charge in [-0.3, -0.25) is 0 Å². The molecule has 0 radical (unpaired) electrons. The molecule has 1 aromatic rings. The molecule has 96 valence electrons. The van der Waals surface area contributed by atoms with E-state index < -0.39 is 0 Å². The van der Waals surface area contributed by atoms with E-state index in [1.54, 1.807) is 0 Å². The van der Waals surface area contributed by atoms with Gasteiger partial charge in [-0.05, 0) is 18.8 Å². The van der Waals surface area contributed by atoms with Crippen LogP contribution in [0.4, 0.5) is 5.69 Å². The summed E-state index contributed by atoms with van der Waals surface area (Å²) in [5, 5.41) is 0. The van der Waals surface area contributed by atoms with Crippen molar-refractivity contribution in [1.29, 1.82) is 0 Å². The average molecular weight is 239 g/mol. The van der Waals surface area contributed by atoms with Gasteiger partial charge in [-0.25, -0.2) is 0 Å². The minimum Gasteiger partial charge on any atom is -0.476 e. The molecule has 0 atom stereocenters. The van der Waals surface area contributed by atoms with Crippen LogP contribution in [0.1, 0.15) is 34.1 Å². The van der Waals surface area contributed by atoms with E-state index in [0.717, 1.165) is 6.42 Å². The lowest BCUT2D eigenvalue weighted by Crippen LogP contribution is -2.12. The highest BCUT2D eigenvalue weighted by Crippen LogP contribution is 2.27. The Hall–Kier alpha value is -1.52. The highest BCUT2D eigenvalue weighted by Gasteiger charge is 2.13. The largest absolute Gasteiger partial charge is 0.476 e. The van der Waals surface area contributed by atoms with Gasteiger partial charge in [0.25, 0.3) is 0 Å². The second-order valence-corrected chi connectivity index (χ2v) is 4.99. The zero-order chi connectivity index (χ0) is 12.9. The topological polar surface area (TPSA) is 70.3 Å². The van der Waals surface area contributed by atoms with Crippen LogP contribution in [0.15, 0.2) is 6.33 Å². The number of nitrogens with zero attached hydrogens (tertiary/aromatic N) is 2. The molecular weight excluding hydrogens is 218 g/mol. The van der Waals surface area contributed by atoms with Crippen LogP contribution in [0, 0.1) is 5.41 Å². The van der Waals surface area contributed by atoms with Crippen molar-refractivity contribution in [2.75, 3.05) is 18.9 Å². The van der Waals surface area contributed by atoms with Gasteiger partial charge in [0.1, 0.15) is 6.33 Å². The molecule has 0 saturated carbocycles. The molecule has 1 aromatic heterocycles. The highest BCUT2D eigenvalue weighted by molar-refractivity contribution is 5.55. The van der Waals surface area contributed by atoms with Crippen molar-refractivity contribution in [3.63, 3.8) is 0 Å². The smallest absolute Gasteiger partial charge is 0.244 e. The summed E-state index contributed by atoms with van der Waals surface area (Å²) in [6.07, 6.45) is 2.33. The first-order valence-corrected chi connectivity index (χ1v) is 5.80. The number of hydrogen-bond donors (Lipinski definition) is 1. The molecular formula is C12H21N3O2. The second kappa shape index (κ2) is 5.70. The van der Waals surface area contributed by atoms with E-state index in [9.17, 15) is 0 Å². The lowest BCUT2D eigenvalue weighted by molar-refractivity contribution is 0.235. The van der Waals surface area contributed by atoms with E-state index in [1.165, 1.54) is 6.33 Å². The van der Waals surface area contributed by atoms with Gasteiger partial charge in [0.15, 0.2) is 5.69 Å². The van der Waals surface area contributed by atoms with Gasteiger partial charge in [-0.2, -0.15) is 9.97 Å². The summed E-state index contributed by atoms with van der Waals surface area (Å²) >= 11 is 0. The Morgan fingerprint density at radius 2 is 1.76 bits per heavy atom. The van der Waals surface area contributed by atoms with Crippen LogP contribution >= 0.6 is 0 Å². The van der Waals surface area contributed by atoms with Gasteiger partial charge in [0.2, 0.25) is 11.8 Å². The van der Waals surface area contributed by atoms with Crippen molar-refractivity contribution in [3.8, 4) is 11.8 Å². The number of aromatic nitrogens is 2. The van der Waals surface area contributed by atoms with Crippen LogP contribution in [0.5, 0.6) is 11.8 Å². The van der Waals surface area contributed by atoms with Crippen LogP contribution in [0.3, 0.4) is 0 Å². The lowest BCUT2D eigenvalue weighted by Gasteiger charge is -2.18. The standard InChI is InChI=1S/C12H21N3O2/c1-5-16-10-9(13)11(15-8-14-10)17-7-6-12(2,3)4/h8H,5-7,13H2,1-4H3. The highest BCUT2D eigenvalue weighted by atomic mass is 16.5. The molecule has 0 amide bonds. The SMILES string of the molecule is CCOc1ncnc(OCCC(C)(C)C)c1N. The Morgan fingerprint density at radius 3 is 2.29 bits per heavy atom. The summed E-state index contributed by atoms with van der Waals surface area (Å²) < 4.78 is 10.8. The number of nitrogen functional groups attached to an aromatic ring is 1. The maximum absolute atomic E-state index is 5.84. The molecule has 0 aliphatic carbocycles. The third-order valence-electron chi connectivity index (χ3n) is 2.18. The van der Waals surface area contributed by atoms with Crippen molar-refractivity contribution in [1.82, 2.24) is 9.97 Å². The summed E-state index contributed by atoms with van der Waals surface area (Å²) in [6.45, 7) is 9.45. The Morgan fingerprint density at radius 1 is 1.18 bits per heavy atom. The summed E-state index contributed by atoms with van der Waals surface area (Å²) in [5.41, 5.74) is 6.44. The van der Waals surface area contributed by atoms with E-state index in [1.807, 2.05) is 6.92 Å². The monoisotopic (exact) mass is 239 g/mol. The van der Waals surface area contributed by atoms with E-state index >= 15 is 0 Å². The molecule has 0 fully saturated rings. The van der Waals surface area contributed by atoms with E-state index in [-0.39, 0.29) is 5.41 Å². The van der Waals surface area contributed by atoms with Gasteiger partial charge < -0.3 is 15.2 Å². The van der Waals surface area contributed by atoms with Gasteiger partial charge in [-0.15, -0.1) is 0 Å². The molecule has 17 heavy (non-hydrogen) atoms. The van der Waals surface area contributed by atoms with Gasteiger partial charge in [-0.1, -0.05) is 20.8 Å². The summed E-state index contributed by atoms with van der Waals surface area (Å²) in [5.74, 6) is 0.779. The number of rotatable bonds is 5. The van der Waals surface area contributed by atoms with Crippen LogP contribution in [0.2, 0.25) is 0 Å². The second-order valence-electron chi connectivity index (χ2n) is 4.99. The first kappa shape index (κ1) is 13.5. The van der Waals surface area contributed by atoms with Crippen molar-refractivity contribution in [3.05, 3.63) is 6.33 Å². The van der Waals surface area contributed by atoms with E-state index in [4.69, 9.17) is 15.2 Å². The Labute approximate surface area is 102 Å². The molecule has 0 saturated heterocycles. The third-order valence-corrected chi connectivity index (χ3v) is 2.18. The normalized spacial score (nSPS) is 11.3. The molecule has 0 aliphatic heterocycles. The van der Waals surface area contributed by atoms with Crippen LogP contribution in [-0.4, -0.2) is 23.2 Å². The number of ether oxygens (including phenoxy) is 2. The molecule has 0 spiro atoms. The van der Waals surface area contributed by atoms with Gasteiger partial charge >= 0.3 is 0 Å². The lowest BCUT2D eigenvalue weighted by atomic mass is 9.93. The molecule has 0 unspecified atom stereocenters. The zero-order valence-electron chi connectivity index (χ0n) is 11.0. The van der Waals surface area contributed by atoms with Crippen LogP contribution < -0.4 is 15.2 Å². The molecule has 5 nitrogen and oxygen atoms in total. The Bertz CT molecular complexity index is 361. The van der Waals surface area contributed by atoms with E-state index in [2.05, 4.69) is 30.7 Å². The summed E-state index contributed by atoms with van der Waals surface area (Å²) in [4.78, 5) is 7.95. The van der Waals surface area contributed by atoms with Crippen LogP contribution in [0.25, 0.3) is 0 Å². The molecule has 5 heteroatoms. The average Bonchev–Trinajstić information content (AvgIpc) is 2.22. The molecule has 0 aromatic carbocycles.